The van der Waals surface area contributed by atoms with Crippen molar-refractivity contribution in [3.05, 3.63) is 63.1 Å². The van der Waals surface area contributed by atoms with E-state index < -0.39 is 11.9 Å². The summed E-state index contributed by atoms with van der Waals surface area (Å²) in [6.45, 7) is 0. The van der Waals surface area contributed by atoms with E-state index >= 15 is 0 Å². The summed E-state index contributed by atoms with van der Waals surface area (Å²) in [5, 5.41) is 18.8. The van der Waals surface area contributed by atoms with Gasteiger partial charge in [-0.15, -0.1) is 0 Å². The number of aliphatic imine (C=N–C) groups is 1. The van der Waals surface area contributed by atoms with Crippen molar-refractivity contribution < 1.29 is 19.8 Å². The van der Waals surface area contributed by atoms with Crippen LogP contribution in [0.4, 0.5) is 5.69 Å². The topological polar surface area (TPSA) is 87.0 Å². The van der Waals surface area contributed by atoms with E-state index in [1.807, 2.05) is 0 Å². The number of carbonyl (C=O) groups is 2. The molecule has 0 spiro atoms. The maximum Gasteiger partial charge on any atom is 0.336 e. The highest BCUT2D eigenvalue weighted by Gasteiger charge is 2.13. The van der Waals surface area contributed by atoms with E-state index in [9.17, 15) is 9.59 Å². The molecule has 112 valence electrons. The zero-order valence-electron chi connectivity index (χ0n) is 11.0. The molecule has 2 N–H and O–H groups in total. The van der Waals surface area contributed by atoms with Crippen LogP contribution in [0.2, 0.25) is 10.0 Å². The number of benzene rings is 2. The second-order valence-corrected chi connectivity index (χ2v) is 5.11. The fraction of sp³-hybridized carbons (Fsp3) is 0. The largest absolute Gasteiger partial charge is 0.478 e. The minimum atomic E-state index is -1.24. The third-order valence-electron chi connectivity index (χ3n) is 2.78. The normalized spacial score (nSPS) is 10.8. The van der Waals surface area contributed by atoms with E-state index in [0.717, 1.165) is 6.07 Å². The molecule has 0 atom stereocenters. The fourth-order valence-electron chi connectivity index (χ4n) is 1.71. The molecule has 0 aliphatic carbocycles. The molecule has 0 fully saturated rings. The molecule has 0 heterocycles. The molecule has 2 aromatic carbocycles. The van der Waals surface area contributed by atoms with Crippen molar-refractivity contribution in [3.63, 3.8) is 0 Å². The van der Waals surface area contributed by atoms with Crippen LogP contribution in [0.1, 0.15) is 26.3 Å². The van der Waals surface area contributed by atoms with Crippen molar-refractivity contribution in [2.45, 2.75) is 0 Å². The van der Waals surface area contributed by atoms with Crippen LogP contribution in [0.25, 0.3) is 0 Å². The Balaban J connectivity index is 2.42. The molecule has 0 unspecified atom stereocenters. The van der Waals surface area contributed by atoms with Crippen LogP contribution in [-0.2, 0) is 0 Å². The summed E-state index contributed by atoms with van der Waals surface area (Å²) in [6, 6.07) is 8.47. The quantitative estimate of drug-likeness (QED) is 0.820. The third kappa shape index (κ3) is 3.63. The number of hydrogen-bond donors (Lipinski definition) is 2. The molecule has 0 radical (unpaired) electrons. The molecule has 7 heteroatoms. The number of aromatic carboxylic acids is 2. The van der Waals surface area contributed by atoms with Gasteiger partial charge in [-0.2, -0.15) is 0 Å². The minimum Gasteiger partial charge on any atom is -0.478 e. The Labute approximate surface area is 135 Å². The fourth-order valence-corrected chi connectivity index (χ4v) is 2.17. The molecular weight excluding hydrogens is 329 g/mol. The minimum absolute atomic E-state index is 0.112. The highest BCUT2D eigenvalue weighted by atomic mass is 35.5. The predicted octanol–water partition coefficient (Wildman–Crippen LogP) is 4.14. The van der Waals surface area contributed by atoms with Crippen LogP contribution in [0.5, 0.6) is 0 Å². The molecule has 2 rings (SSSR count). The summed E-state index contributed by atoms with van der Waals surface area (Å²) in [7, 11) is 0. The molecule has 5 nitrogen and oxygen atoms in total. The summed E-state index contributed by atoms with van der Waals surface area (Å²) in [5.74, 6) is -2.45. The first-order valence-electron chi connectivity index (χ1n) is 5.98. The first-order valence-corrected chi connectivity index (χ1v) is 6.74. The van der Waals surface area contributed by atoms with Gasteiger partial charge < -0.3 is 10.2 Å². The average Bonchev–Trinajstić information content (AvgIpc) is 2.46. The van der Waals surface area contributed by atoms with E-state index in [0.29, 0.717) is 15.7 Å². The second kappa shape index (κ2) is 6.60. The predicted molar refractivity (Wildman–Crippen MR) is 84.1 cm³/mol. The number of carboxylic acids is 2. The standard InChI is InChI=1S/C15H9Cl2NO4/c16-10-3-4-13(12(17)6-10)18-7-9-2-1-8(14(19)20)5-11(9)15(21)22/h1-7H,(H,19,20)(H,21,22). The zero-order valence-corrected chi connectivity index (χ0v) is 12.5. The smallest absolute Gasteiger partial charge is 0.336 e. The number of hydrogen-bond acceptors (Lipinski definition) is 3. The number of carboxylic acid groups (broad SMARTS) is 2. The van der Waals surface area contributed by atoms with Crippen LogP contribution in [0.15, 0.2) is 41.4 Å². The lowest BCUT2D eigenvalue weighted by Crippen LogP contribution is -2.05. The van der Waals surface area contributed by atoms with Gasteiger partial charge in [-0.1, -0.05) is 29.3 Å². The Morgan fingerprint density at radius 3 is 2.32 bits per heavy atom. The van der Waals surface area contributed by atoms with Crippen molar-refractivity contribution in [2.24, 2.45) is 4.99 Å². The van der Waals surface area contributed by atoms with E-state index in [2.05, 4.69) is 4.99 Å². The summed E-state index contributed by atoms with van der Waals surface area (Å²) in [5.41, 5.74) is 0.418. The van der Waals surface area contributed by atoms with Gasteiger partial charge >= 0.3 is 11.9 Å². The first kappa shape index (κ1) is 16.0. The molecule has 0 bridgehead atoms. The monoisotopic (exact) mass is 337 g/mol. The summed E-state index contributed by atoms with van der Waals surface area (Å²) in [6.07, 6.45) is 1.31. The molecule has 0 aliphatic rings. The molecule has 22 heavy (non-hydrogen) atoms. The van der Waals surface area contributed by atoms with Crippen molar-refractivity contribution >= 4 is 47.0 Å². The molecule has 0 amide bonds. The van der Waals surface area contributed by atoms with Gasteiger partial charge in [-0.25, -0.2) is 9.59 Å². The summed E-state index contributed by atoms with van der Waals surface area (Å²) < 4.78 is 0. The third-order valence-corrected chi connectivity index (χ3v) is 3.32. The van der Waals surface area contributed by atoms with E-state index in [1.165, 1.54) is 24.4 Å². The molecule has 2 aromatic rings. The maximum atomic E-state index is 11.2. The van der Waals surface area contributed by atoms with Crippen LogP contribution in [0, 0.1) is 0 Å². The van der Waals surface area contributed by atoms with Crippen molar-refractivity contribution in [2.75, 3.05) is 0 Å². The zero-order chi connectivity index (χ0) is 16.3. The van der Waals surface area contributed by atoms with Crippen molar-refractivity contribution in [3.8, 4) is 0 Å². The molecular formula is C15H9Cl2NO4. The van der Waals surface area contributed by atoms with E-state index in [-0.39, 0.29) is 16.7 Å². The van der Waals surface area contributed by atoms with E-state index in [1.54, 1.807) is 12.1 Å². The highest BCUT2D eigenvalue weighted by molar-refractivity contribution is 6.36. The molecule has 0 aliphatic heterocycles. The van der Waals surface area contributed by atoms with Gasteiger partial charge in [-0.3, -0.25) is 4.99 Å². The van der Waals surface area contributed by atoms with Gasteiger partial charge in [0.1, 0.15) is 0 Å². The average molecular weight is 338 g/mol. The highest BCUT2D eigenvalue weighted by Crippen LogP contribution is 2.27. The SMILES string of the molecule is O=C(O)c1ccc(C=Nc2ccc(Cl)cc2Cl)c(C(=O)O)c1. The van der Waals surface area contributed by atoms with Gasteiger partial charge in [0, 0.05) is 16.8 Å². The van der Waals surface area contributed by atoms with Crippen molar-refractivity contribution in [1.29, 1.82) is 0 Å². The van der Waals surface area contributed by atoms with Gasteiger partial charge in [0.15, 0.2) is 0 Å². The van der Waals surface area contributed by atoms with Gasteiger partial charge in [-0.05, 0) is 30.3 Å². The molecule has 0 aromatic heterocycles. The lowest BCUT2D eigenvalue weighted by atomic mass is 10.0. The van der Waals surface area contributed by atoms with Crippen LogP contribution < -0.4 is 0 Å². The van der Waals surface area contributed by atoms with E-state index in [4.69, 9.17) is 33.4 Å². The Bertz CT molecular complexity index is 787. The lowest BCUT2D eigenvalue weighted by molar-refractivity contribution is 0.0695. The van der Waals surface area contributed by atoms with Crippen LogP contribution >= 0.6 is 23.2 Å². The van der Waals surface area contributed by atoms with Gasteiger partial charge in [0.05, 0.1) is 21.8 Å². The Morgan fingerprint density at radius 2 is 1.73 bits per heavy atom. The Hall–Kier alpha value is -2.37. The van der Waals surface area contributed by atoms with Gasteiger partial charge in [0.25, 0.3) is 0 Å². The van der Waals surface area contributed by atoms with Crippen LogP contribution in [-0.4, -0.2) is 28.4 Å². The number of halogens is 2. The molecule has 0 saturated carbocycles. The maximum absolute atomic E-state index is 11.2. The summed E-state index contributed by atoms with van der Waals surface area (Å²) >= 11 is 11.8. The molecule has 0 saturated heterocycles. The Morgan fingerprint density at radius 1 is 1.00 bits per heavy atom. The Kier molecular flexibility index (Phi) is 4.80. The first-order chi connectivity index (χ1) is 10.4. The second-order valence-electron chi connectivity index (χ2n) is 4.27. The number of rotatable bonds is 4. The number of nitrogens with zero attached hydrogens (tertiary/aromatic N) is 1. The lowest BCUT2D eigenvalue weighted by Gasteiger charge is -2.03. The van der Waals surface area contributed by atoms with Crippen molar-refractivity contribution in [1.82, 2.24) is 0 Å². The summed E-state index contributed by atoms with van der Waals surface area (Å²) in [4.78, 5) is 26.2. The van der Waals surface area contributed by atoms with Crippen LogP contribution in [0.3, 0.4) is 0 Å². The van der Waals surface area contributed by atoms with Gasteiger partial charge in [0.2, 0.25) is 0 Å².